The lowest BCUT2D eigenvalue weighted by Gasteiger charge is -2.20. The number of anilines is 1. The number of allylic oxidation sites excluding steroid dienone is 4. The first-order valence-electron chi connectivity index (χ1n) is 12.5. The first-order chi connectivity index (χ1) is 19.1. The molecule has 40 heavy (non-hydrogen) atoms. The summed E-state index contributed by atoms with van der Waals surface area (Å²) in [5.41, 5.74) is 0.828. The number of sulfonamides is 1. The Morgan fingerprint density at radius 1 is 1.02 bits per heavy atom. The Kier molecular flexibility index (Phi) is 8.80. The van der Waals surface area contributed by atoms with Gasteiger partial charge in [0.1, 0.15) is 6.61 Å². The quantitative estimate of drug-likeness (QED) is 0.367. The van der Waals surface area contributed by atoms with E-state index < -0.39 is 10.0 Å². The minimum atomic E-state index is -4.15. The smallest absolute Gasteiger partial charge is 0.263 e. The minimum Gasteiger partial charge on any atom is -0.493 e. The van der Waals surface area contributed by atoms with Gasteiger partial charge in [0.25, 0.3) is 15.9 Å². The van der Waals surface area contributed by atoms with E-state index in [-0.39, 0.29) is 52.6 Å². The molecule has 210 valence electrons. The van der Waals surface area contributed by atoms with E-state index in [2.05, 4.69) is 24.7 Å². The maximum atomic E-state index is 13.6. The maximum Gasteiger partial charge on any atom is 0.263 e. The highest BCUT2D eigenvalue weighted by atomic mass is 32.2. The van der Waals surface area contributed by atoms with Crippen LogP contribution in [0, 0.1) is 0 Å². The number of aliphatic hydroxyl groups is 1. The summed E-state index contributed by atoms with van der Waals surface area (Å²) in [4.78, 5) is 17.2. The lowest BCUT2D eigenvalue weighted by molar-refractivity contribution is 0.190. The lowest BCUT2D eigenvalue weighted by Crippen LogP contribution is -2.18. The standard InChI is InChI=1S/C28H31N5O6S/c1-28(2,3)19-11-13-20(14-12-19)40(35,36)33-24-23(39-22-10-7-5-6-9-21(22)37-4)27(38-18-17-34)32-26(31-24)25-29-15-8-16-30-25/h5-6,8-16,34H,7,17-18H2,1-4H3,(H,31,32,33). The normalized spacial score (nSPS) is 13.6. The largest absolute Gasteiger partial charge is 0.493 e. The van der Waals surface area contributed by atoms with Crippen LogP contribution < -0.4 is 14.2 Å². The zero-order valence-electron chi connectivity index (χ0n) is 22.7. The summed E-state index contributed by atoms with van der Waals surface area (Å²) in [7, 11) is -2.66. The van der Waals surface area contributed by atoms with Gasteiger partial charge in [0.05, 0.1) is 18.6 Å². The van der Waals surface area contributed by atoms with Crippen molar-refractivity contribution in [2.75, 3.05) is 25.0 Å². The fraction of sp³-hybridized carbons (Fsp3) is 0.286. The topological polar surface area (TPSA) is 146 Å². The van der Waals surface area contributed by atoms with Gasteiger partial charge in [-0.1, -0.05) is 45.1 Å². The number of aromatic nitrogens is 4. The Labute approximate surface area is 233 Å². The monoisotopic (exact) mass is 565 g/mol. The molecule has 0 bridgehead atoms. The molecule has 1 aliphatic rings. The number of benzene rings is 1. The molecule has 0 amide bonds. The average Bonchev–Trinajstić information content (AvgIpc) is 3.17. The van der Waals surface area contributed by atoms with E-state index in [0.29, 0.717) is 17.9 Å². The molecular weight excluding hydrogens is 534 g/mol. The van der Waals surface area contributed by atoms with Crippen molar-refractivity contribution in [3.63, 3.8) is 0 Å². The molecule has 0 spiro atoms. The Bertz CT molecular complexity index is 1530. The second-order valence-corrected chi connectivity index (χ2v) is 11.3. The maximum absolute atomic E-state index is 13.6. The van der Waals surface area contributed by atoms with Gasteiger partial charge < -0.3 is 19.3 Å². The van der Waals surface area contributed by atoms with Gasteiger partial charge in [0.2, 0.25) is 11.6 Å². The molecule has 0 unspecified atom stereocenters. The second kappa shape index (κ2) is 12.3. The summed E-state index contributed by atoms with van der Waals surface area (Å²) in [5.74, 6) is 0.347. The second-order valence-electron chi connectivity index (χ2n) is 9.62. The first kappa shape index (κ1) is 28.7. The predicted molar refractivity (Wildman–Crippen MR) is 149 cm³/mol. The third kappa shape index (κ3) is 6.82. The molecule has 4 rings (SSSR count). The van der Waals surface area contributed by atoms with Crippen LogP contribution in [-0.2, 0) is 20.2 Å². The van der Waals surface area contributed by atoms with E-state index in [9.17, 15) is 13.5 Å². The summed E-state index contributed by atoms with van der Waals surface area (Å²) in [6.07, 6.45) is 10.7. The van der Waals surface area contributed by atoms with E-state index in [0.717, 1.165) is 5.56 Å². The Balaban J connectivity index is 1.84. The lowest BCUT2D eigenvalue weighted by atomic mass is 9.87. The van der Waals surface area contributed by atoms with Crippen molar-refractivity contribution >= 4 is 15.8 Å². The predicted octanol–water partition coefficient (Wildman–Crippen LogP) is 4.16. The molecule has 0 radical (unpaired) electrons. The molecule has 0 atom stereocenters. The summed E-state index contributed by atoms with van der Waals surface area (Å²) >= 11 is 0. The highest BCUT2D eigenvalue weighted by molar-refractivity contribution is 7.92. The number of rotatable bonds is 10. The molecule has 1 aromatic carbocycles. The van der Waals surface area contributed by atoms with Crippen LogP contribution in [0.2, 0.25) is 0 Å². The SMILES string of the molecule is COC1=CC=CCC=C1Oc1c(NS(=O)(=O)c2ccc(C(C)(C)C)cc2)nc(-c2ncccn2)nc1OCCO. The van der Waals surface area contributed by atoms with Gasteiger partial charge in [-0.2, -0.15) is 4.98 Å². The molecule has 0 saturated carbocycles. The fourth-order valence-corrected chi connectivity index (χ4v) is 4.63. The fourth-order valence-electron chi connectivity index (χ4n) is 3.63. The number of hydrogen-bond donors (Lipinski definition) is 2. The van der Waals surface area contributed by atoms with Gasteiger partial charge in [-0.3, -0.25) is 4.72 Å². The molecule has 0 aliphatic heterocycles. The van der Waals surface area contributed by atoms with Gasteiger partial charge in [-0.25, -0.2) is 23.4 Å². The first-order valence-corrected chi connectivity index (χ1v) is 14.0. The van der Waals surface area contributed by atoms with Gasteiger partial charge >= 0.3 is 0 Å². The third-order valence-corrected chi connectivity index (χ3v) is 7.04. The Morgan fingerprint density at radius 3 is 2.40 bits per heavy atom. The van der Waals surface area contributed by atoms with Crippen LogP contribution in [0.3, 0.4) is 0 Å². The van der Waals surface area contributed by atoms with Crippen molar-refractivity contribution in [2.24, 2.45) is 0 Å². The number of hydrogen-bond acceptors (Lipinski definition) is 10. The highest BCUT2D eigenvalue weighted by Gasteiger charge is 2.27. The van der Waals surface area contributed by atoms with Gasteiger partial charge in [0.15, 0.2) is 23.2 Å². The number of aliphatic hydroxyl groups excluding tert-OH is 1. The van der Waals surface area contributed by atoms with E-state index in [1.165, 1.54) is 31.6 Å². The van der Waals surface area contributed by atoms with Crippen LogP contribution in [-0.4, -0.2) is 53.8 Å². The number of nitrogens with one attached hydrogen (secondary N) is 1. The summed E-state index contributed by atoms with van der Waals surface area (Å²) in [6, 6.07) is 8.22. The van der Waals surface area contributed by atoms with E-state index >= 15 is 0 Å². The van der Waals surface area contributed by atoms with Crippen LogP contribution >= 0.6 is 0 Å². The number of methoxy groups -OCH3 is 1. The van der Waals surface area contributed by atoms with Crippen LogP contribution in [0.15, 0.2) is 83.4 Å². The van der Waals surface area contributed by atoms with Crippen molar-refractivity contribution in [2.45, 2.75) is 37.5 Å². The molecule has 2 heterocycles. The molecule has 1 aliphatic carbocycles. The highest BCUT2D eigenvalue weighted by Crippen LogP contribution is 2.38. The molecule has 0 fully saturated rings. The zero-order valence-corrected chi connectivity index (χ0v) is 23.5. The molecule has 3 aromatic rings. The van der Waals surface area contributed by atoms with Crippen molar-refractivity contribution in [3.05, 3.63) is 84.1 Å². The van der Waals surface area contributed by atoms with Crippen LogP contribution in [0.1, 0.15) is 32.8 Å². The number of ether oxygens (including phenoxy) is 3. The number of nitrogens with zero attached hydrogens (tertiary/aromatic N) is 4. The molecule has 12 heteroatoms. The van der Waals surface area contributed by atoms with E-state index in [4.69, 9.17) is 14.2 Å². The molecular formula is C28H31N5O6S. The Morgan fingerprint density at radius 2 is 1.75 bits per heavy atom. The summed E-state index contributed by atoms with van der Waals surface area (Å²) in [6.45, 7) is 5.66. The molecule has 2 N–H and O–H groups in total. The summed E-state index contributed by atoms with van der Waals surface area (Å²) in [5, 5.41) is 9.43. The minimum absolute atomic E-state index is 0.0132. The van der Waals surface area contributed by atoms with Crippen molar-refractivity contribution in [3.8, 4) is 23.3 Å². The van der Waals surface area contributed by atoms with Crippen LogP contribution in [0.4, 0.5) is 5.82 Å². The van der Waals surface area contributed by atoms with E-state index in [1.54, 1.807) is 30.4 Å². The van der Waals surface area contributed by atoms with Gasteiger partial charge in [-0.15, -0.1) is 0 Å². The van der Waals surface area contributed by atoms with Crippen LogP contribution in [0.25, 0.3) is 11.6 Å². The van der Waals surface area contributed by atoms with Crippen molar-refractivity contribution in [1.82, 2.24) is 19.9 Å². The zero-order chi connectivity index (χ0) is 28.8. The average molecular weight is 566 g/mol. The van der Waals surface area contributed by atoms with Gasteiger partial charge in [-0.05, 0) is 47.8 Å². The summed E-state index contributed by atoms with van der Waals surface area (Å²) < 4.78 is 46.9. The molecule has 2 aromatic heterocycles. The molecule has 11 nitrogen and oxygen atoms in total. The van der Waals surface area contributed by atoms with Crippen molar-refractivity contribution in [1.29, 1.82) is 0 Å². The van der Waals surface area contributed by atoms with E-state index in [1.807, 2.05) is 32.9 Å². The molecule has 0 saturated heterocycles. The third-order valence-electron chi connectivity index (χ3n) is 5.69. The van der Waals surface area contributed by atoms with Crippen LogP contribution in [0.5, 0.6) is 11.6 Å². The van der Waals surface area contributed by atoms with Crippen molar-refractivity contribution < 1.29 is 27.7 Å². The Hall–Kier alpha value is -4.29. The van der Waals surface area contributed by atoms with Gasteiger partial charge in [0, 0.05) is 12.4 Å².